The van der Waals surface area contributed by atoms with E-state index in [1.54, 1.807) is 24.3 Å². The van der Waals surface area contributed by atoms with Crippen molar-refractivity contribution < 1.29 is 19.2 Å². The van der Waals surface area contributed by atoms with Gasteiger partial charge in [-0.3, -0.25) is 14.5 Å². The van der Waals surface area contributed by atoms with Gasteiger partial charge in [-0.15, -0.1) is 0 Å². The summed E-state index contributed by atoms with van der Waals surface area (Å²) in [5.41, 5.74) is 5.67. The maximum atomic E-state index is 12.1. The molecule has 2 rings (SSSR count). The Kier molecular flexibility index (Phi) is 4.17. The lowest BCUT2D eigenvalue weighted by Crippen LogP contribution is -2.45. The summed E-state index contributed by atoms with van der Waals surface area (Å²) in [6, 6.07) is 7.41. The van der Waals surface area contributed by atoms with E-state index >= 15 is 0 Å². The second-order valence-electron chi connectivity index (χ2n) is 4.46. The summed E-state index contributed by atoms with van der Waals surface area (Å²) < 4.78 is 0. The van der Waals surface area contributed by atoms with Gasteiger partial charge < -0.3 is 11.1 Å². The molecule has 0 radical (unpaired) electrons. The molecule has 0 atom stereocenters. The van der Waals surface area contributed by atoms with Crippen molar-refractivity contribution >= 4 is 23.9 Å². The number of urea groups is 2. The first-order valence-electron chi connectivity index (χ1n) is 6.21. The van der Waals surface area contributed by atoms with Crippen LogP contribution in [0.1, 0.15) is 5.56 Å². The molecule has 0 saturated carbocycles. The van der Waals surface area contributed by atoms with Gasteiger partial charge in [0.25, 0.3) is 5.91 Å². The Hall–Kier alpha value is -2.90. The maximum absolute atomic E-state index is 12.1. The zero-order valence-corrected chi connectivity index (χ0v) is 11.1. The predicted octanol–water partition coefficient (Wildman–Crippen LogP) is -0.354. The first-order chi connectivity index (χ1) is 9.99. The zero-order chi connectivity index (χ0) is 15.4. The van der Waals surface area contributed by atoms with Crippen LogP contribution in [-0.2, 0) is 16.1 Å². The molecule has 0 unspecified atom stereocenters. The third-order valence-electron chi connectivity index (χ3n) is 2.90. The number of amides is 6. The summed E-state index contributed by atoms with van der Waals surface area (Å²) in [7, 11) is 0. The SMILES string of the molecule is NC(=O)CNC(=O)N1CC(=O)N(Cc2ccccc2)C1=O. The van der Waals surface area contributed by atoms with E-state index in [2.05, 4.69) is 5.32 Å². The van der Waals surface area contributed by atoms with E-state index in [-0.39, 0.29) is 13.1 Å². The van der Waals surface area contributed by atoms with Crippen LogP contribution in [0.15, 0.2) is 30.3 Å². The Morgan fingerprint density at radius 1 is 1.19 bits per heavy atom. The summed E-state index contributed by atoms with van der Waals surface area (Å²) >= 11 is 0. The highest BCUT2D eigenvalue weighted by molar-refractivity contribution is 6.09. The molecule has 6 amide bonds. The van der Waals surface area contributed by atoms with Gasteiger partial charge in [-0.05, 0) is 5.56 Å². The predicted molar refractivity (Wildman–Crippen MR) is 71.7 cm³/mol. The van der Waals surface area contributed by atoms with E-state index in [1.165, 1.54) is 0 Å². The van der Waals surface area contributed by atoms with Crippen molar-refractivity contribution in [3.8, 4) is 0 Å². The number of hydrogen-bond donors (Lipinski definition) is 2. The molecule has 3 N–H and O–H groups in total. The number of nitrogens with zero attached hydrogens (tertiary/aromatic N) is 2. The molecule has 21 heavy (non-hydrogen) atoms. The Labute approximate surface area is 120 Å². The third kappa shape index (κ3) is 3.35. The van der Waals surface area contributed by atoms with Crippen molar-refractivity contribution in [3.05, 3.63) is 35.9 Å². The maximum Gasteiger partial charge on any atom is 0.335 e. The Bertz CT molecular complexity index is 587. The molecule has 1 saturated heterocycles. The molecule has 1 aromatic rings. The number of benzene rings is 1. The average Bonchev–Trinajstić information content (AvgIpc) is 2.74. The fourth-order valence-electron chi connectivity index (χ4n) is 1.88. The molecule has 0 spiro atoms. The average molecular weight is 290 g/mol. The fraction of sp³-hybridized carbons (Fsp3) is 0.231. The first kappa shape index (κ1) is 14.5. The Morgan fingerprint density at radius 2 is 1.86 bits per heavy atom. The van der Waals surface area contributed by atoms with Crippen molar-refractivity contribution in [1.82, 2.24) is 15.1 Å². The number of primary amides is 1. The molecular weight excluding hydrogens is 276 g/mol. The first-order valence-corrected chi connectivity index (χ1v) is 6.21. The number of carbonyl (C=O) groups is 4. The normalized spacial score (nSPS) is 14.5. The summed E-state index contributed by atoms with van der Waals surface area (Å²) in [5, 5.41) is 2.17. The van der Waals surface area contributed by atoms with Gasteiger partial charge in [0.15, 0.2) is 0 Å². The van der Waals surface area contributed by atoms with Gasteiger partial charge in [0.05, 0.1) is 13.1 Å². The Balaban J connectivity index is 2.03. The van der Waals surface area contributed by atoms with Gasteiger partial charge >= 0.3 is 12.1 Å². The highest BCUT2D eigenvalue weighted by atomic mass is 16.2. The van der Waals surface area contributed by atoms with Crippen LogP contribution in [0.4, 0.5) is 9.59 Å². The van der Waals surface area contributed by atoms with Crippen molar-refractivity contribution in [3.63, 3.8) is 0 Å². The smallest absolute Gasteiger partial charge is 0.335 e. The second-order valence-corrected chi connectivity index (χ2v) is 4.46. The lowest BCUT2D eigenvalue weighted by molar-refractivity contribution is -0.125. The number of imide groups is 2. The lowest BCUT2D eigenvalue weighted by Gasteiger charge is -2.16. The van der Waals surface area contributed by atoms with Crippen LogP contribution in [0.3, 0.4) is 0 Å². The standard InChI is InChI=1S/C13H14N4O4/c14-10(18)6-15-12(20)17-8-11(19)16(13(17)21)7-9-4-2-1-3-5-9/h1-5H,6-8H2,(H2,14,18)(H,15,20). The van der Waals surface area contributed by atoms with Gasteiger partial charge in [0.2, 0.25) is 5.91 Å². The molecule has 8 nitrogen and oxygen atoms in total. The van der Waals surface area contributed by atoms with E-state index in [0.29, 0.717) is 0 Å². The van der Waals surface area contributed by atoms with Crippen molar-refractivity contribution in [1.29, 1.82) is 0 Å². The van der Waals surface area contributed by atoms with Crippen LogP contribution >= 0.6 is 0 Å². The molecule has 0 aliphatic carbocycles. The van der Waals surface area contributed by atoms with Crippen LogP contribution in [-0.4, -0.2) is 46.8 Å². The van der Waals surface area contributed by atoms with Gasteiger partial charge in [0, 0.05) is 0 Å². The number of nitrogens with two attached hydrogens (primary N) is 1. The molecule has 1 aliphatic rings. The third-order valence-corrected chi connectivity index (χ3v) is 2.90. The molecule has 0 bridgehead atoms. The number of carbonyl (C=O) groups excluding carboxylic acids is 4. The molecule has 1 aromatic carbocycles. The van der Waals surface area contributed by atoms with Crippen molar-refractivity contribution in [2.45, 2.75) is 6.54 Å². The van der Waals surface area contributed by atoms with E-state index < -0.39 is 30.4 Å². The molecule has 110 valence electrons. The summed E-state index contributed by atoms with van der Waals surface area (Å²) in [5.74, 6) is -1.21. The van der Waals surface area contributed by atoms with Crippen LogP contribution in [0.2, 0.25) is 0 Å². The topological polar surface area (TPSA) is 113 Å². The Morgan fingerprint density at radius 3 is 2.48 bits per heavy atom. The zero-order valence-electron chi connectivity index (χ0n) is 11.1. The van der Waals surface area contributed by atoms with Crippen LogP contribution in [0.5, 0.6) is 0 Å². The largest absolute Gasteiger partial charge is 0.368 e. The summed E-state index contributed by atoms with van der Waals surface area (Å²) in [4.78, 5) is 47.9. The van der Waals surface area contributed by atoms with Gasteiger partial charge in [-0.2, -0.15) is 0 Å². The highest BCUT2D eigenvalue weighted by Gasteiger charge is 2.39. The molecule has 1 aliphatic heterocycles. The molecule has 1 heterocycles. The quantitative estimate of drug-likeness (QED) is 0.737. The van der Waals surface area contributed by atoms with E-state index in [9.17, 15) is 19.2 Å². The second kappa shape index (κ2) is 6.04. The summed E-state index contributed by atoms with van der Waals surface area (Å²) in [6.45, 7) is -0.649. The van der Waals surface area contributed by atoms with E-state index in [4.69, 9.17) is 5.73 Å². The van der Waals surface area contributed by atoms with Crippen LogP contribution in [0.25, 0.3) is 0 Å². The minimum Gasteiger partial charge on any atom is -0.368 e. The van der Waals surface area contributed by atoms with Gasteiger partial charge in [-0.25, -0.2) is 14.5 Å². The molecule has 8 heteroatoms. The van der Waals surface area contributed by atoms with Crippen LogP contribution in [0, 0.1) is 0 Å². The van der Waals surface area contributed by atoms with E-state index in [0.717, 1.165) is 15.4 Å². The van der Waals surface area contributed by atoms with Gasteiger partial charge in [0.1, 0.15) is 6.54 Å². The fourth-order valence-corrected chi connectivity index (χ4v) is 1.88. The monoisotopic (exact) mass is 290 g/mol. The summed E-state index contributed by atoms with van der Waals surface area (Å²) in [6.07, 6.45) is 0. The number of nitrogens with one attached hydrogen (secondary N) is 1. The van der Waals surface area contributed by atoms with Crippen molar-refractivity contribution in [2.75, 3.05) is 13.1 Å². The minimum absolute atomic E-state index is 0.0953. The highest BCUT2D eigenvalue weighted by Crippen LogP contribution is 2.14. The molecule has 1 fully saturated rings. The van der Waals surface area contributed by atoms with Crippen LogP contribution < -0.4 is 11.1 Å². The molecule has 0 aromatic heterocycles. The van der Waals surface area contributed by atoms with E-state index in [1.807, 2.05) is 6.07 Å². The minimum atomic E-state index is -0.817. The lowest BCUT2D eigenvalue weighted by atomic mass is 10.2. The number of hydrogen-bond acceptors (Lipinski definition) is 4. The molecular formula is C13H14N4O4. The van der Waals surface area contributed by atoms with Gasteiger partial charge in [-0.1, -0.05) is 30.3 Å². The van der Waals surface area contributed by atoms with Crippen molar-refractivity contribution in [2.24, 2.45) is 5.73 Å². The number of rotatable bonds is 4.